The molecule has 1 fully saturated rings. The van der Waals surface area contributed by atoms with E-state index in [-0.39, 0.29) is 28.8 Å². The van der Waals surface area contributed by atoms with Gasteiger partial charge in [0.1, 0.15) is 11.4 Å². The summed E-state index contributed by atoms with van der Waals surface area (Å²) in [7, 11) is 1.73. The van der Waals surface area contributed by atoms with E-state index in [9.17, 15) is 18.0 Å². The number of aryl methyl sites for hydroxylation is 1. The highest BCUT2D eigenvalue weighted by molar-refractivity contribution is 6.37. The molecule has 5 nitrogen and oxygen atoms in total. The van der Waals surface area contributed by atoms with Gasteiger partial charge in [0.05, 0.1) is 15.6 Å². The molecule has 0 unspecified atom stereocenters. The fraction of sp³-hybridized carbons (Fsp3) is 0.364. The number of benzene rings is 1. The number of likely N-dealkylation sites (tertiary alicyclic amines) is 1. The van der Waals surface area contributed by atoms with E-state index in [0.717, 1.165) is 30.3 Å². The van der Waals surface area contributed by atoms with Gasteiger partial charge in [0.25, 0.3) is 5.91 Å². The number of hydrogen-bond donors (Lipinski definition) is 0. The van der Waals surface area contributed by atoms with E-state index in [1.54, 1.807) is 22.6 Å². The number of rotatable bonds is 4. The molecule has 3 heterocycles. The van der Waals surface area contributed by atoms with Gasteiger partial charge < -0.3 is 14.2 Å². The number of alkyl halides is 3. The highest BCUT2D eigenvalue weighted by atomic mass is 35.5. The summed E-state index contributed by atoms with van der Waals surface area (Å²) in [5.41, 5.74) is 2.03. The van der Waals surface area contributed by atoms with Crippen molar-refractivity contribution in [1.29, 1.82) is 0 Å². The number of hydrogen-bond acceptors (Lipinski definition) is 3. The smallest absolute Gasteiger partial charge is 0.406 e. The molecule has 1 amide bonds. The monoisotopic (exact) mass is 485 g/mol. The SMILES string of the molecule is Cn1c(Cc2c(Cl)cnc(C(=O)N3CCCCC3)c2Cl)cc2ccc(OC(F)(F)F)cc21. The molecule has 1 aromatic carbocycles. The molecule has 1 aliphatic heterocycles. The summed E-state index contributed by atoms with van der Waals surface area (Å²) in [5.74, 6) is -0.522. The molecule has 0 N–H and O–H groups in total. The van der Waals surface area contributed by atoms with E-state index in [1.165, 1.54) is 18.3 Å². The second-order valence-electron chi connectivity index (χ2n) is 7.74. The molecule has 0 saturated carbocycles. The maximum Gasteiger partial charge on any atom is 0.573 e. The van der Waals surface area contributed by atoms with Gasteiger partial charge in [0, 0.05) is 49.9 Å². The summed E-state index contributed by atoms with van der Waals surface area (Å²) in [4.78, 5) is 18.8. The lowest BCUT2D eigenvalue weighted by molar-refractivity contribution is -0.274. The average Bonchev–Trinajstić information content (AvgIpc) is 3.05. The third-order valence-corrected chi connectivity index (χ3v) is 6.35. The Morgan fingerprint density at radius 2 is 1.88 bits per heavy atom. The maximum atomic E-state index is 12.9. The normalized spacial score (nSPS) is 14.8. The molecule has 4 rings (SSSR count). The van der Waals surface area contributed by atoms with Gasteiger partial charge in [-0.25, -0.2) is 4.98 Å². The molecule has 0 bridgehead atoms. The number of carbonyl (C=O) groups is 1. The van der Waals surface area contributed by atoms with E-state index in [4.69, 9.17) is 23.2 Å². The number of amides is 1. The Morgan fingerprint density at radius 1 is 1.16 bits per heavy atom. The third-order valence-electron chi connectivity index (χ3n) is 5.62. The van der Waals surface area contributed by atoms with Gasteiger partial charge in [-0.3, -0.25) is 4.79 Å². The Kier molecular flexibility index (Phi) is 6.27. The van der Waals surface area contributed by atoms with Crippen LogP contribution in [0.3, 0.4) is 0 Å². The molecule has 1 saturated heterocycles. The van der Waals surface area contributed by atoms with Crippen molar-refractivity contribution in [3.63, 3.8) is 0 Å². The first-order chi connectivity index (χ1) is 15.1. The first-order valence-corrected chi connectivity index (χ1v) is 10.9. The predicted octanol–water partition coefficient (Wildman–Crippen LogP) is 6.00. The van der Waals surface area contributed by atoms with Gasteiger partial charge in [-0.05, 0) is 43.0 Å². The molecule has 10 heteroatoms. The number of pyridine rings is 1. The Morgan fingerprint density at radius 3 is 2.56 bits per heavy atom. The van der Waals surface area contributed by atoms with Crippen LogP contribution in [0, 0.1) is 0 Å². The van der Waals surface area contributed by atoms with E-state index in [0.29, 0.717) is 29.2 Å². The number of aromatic nitrogens is 2. The Bertz CT molecular complexity index is 1170. The van der Waals surface area contributed by atoms with Crippen molar-refractivity contribution in [2.75, 3.05) is 13.1 Å². The van der Waals surface area contributed by atoms with Gasteiger partial charge in [-0.15, -0.1) is 13.2 Å². The largest absolute Gasteiger partial charge is 0.573 e. The van der Waals surface area contributed by atoms with Crippen LogP contribution in [-0.4, -0.2) is 39.8 Å². The molecule has 170 valence electrons. The van der Waals surface area contributed by atoms with Crippen LogP contribution < -0.4 is 4.74 Å². The van der Waals surface area contributed by atoms with Crippen molar-refractivity contribution >= 4 is 40.0 Å². The van der Waals surface area contributed by atoms with Crippen LogP contribution in [0.4, 0.5) is 13.2 Å². The van der Waals surface area contributed by atoms with E-state index < -0.39 is 6.36 Å². The van der Waals surface area contributed by atoms with Crippen LogP contribution in [-0.2, 0) is 13.5 Å². The third kappa shape index (κ3) is 4.66. The lowest BCUT2D eigenvalue weighted by Gasteiger charge is -2.27. The lowest BCUT2D eigenvalue weighted by Crippen LogP contribution is -2.36. The summed E-state index contributed by atoms with van der Waals surface area (Å²) in [6.07, 6.45) is -0.0941. The van der Waals surface area contributed by atoms with Crippen molar-refractivity contribution in [2.24, 2.45) is 7.05 Å². The van der Waals surface area contributed by atoms with Crippen molar-refractivity contribution in [2.45, 2.75) is 32.0 Å². The van der Waals surface area contributed by atoms with Crippen LogP contribution >= 0.6 is 23.2 Å². The van der Waals surface area contributed by atoms with Gasteiger partial charge in [-0.1, -0.05) is 23.2 Å². The first kappa shape index (κ1) is 22.7. The molecular weight excluding hydrogens is 466 g/mol. The quantitative estimate of drug-likeness (QED) is 0.455. The minimum absolute atomic E-state index is 0.160. The molecular formula is C22H20Cl2F3N3O2. The lowest BCUT2D eigenvalue weighted by atomic mass is 10.1. The van der Waals surface area contributed by atoms with Crippen LogP contribution in [0.2, 0.25) is 10.0 Å². The number of halogens is 5. The zero-order valence-corrected chi connectivity index (χ0v) is 18.7. The van der Waals surface area contributed by atoms with Crippen molar-refractivity contribution < 1.29 is 22.7 Å². The minimum Gasteiger partial charge on any atom is -0.406 e. The van der Waals surface area contributed by atoms with Crippen molar-refractivity contribution in [3.05, 3.63) is 57.5 Å². The molecule has 32 heavy (non-hydrogen) atoms. The molecule has 1 aliphatic rings. The van der Waals surface area contributed by atoms with E-state index in [1.807, 2.05) is 6.07 Å². The van der Waals surface area contributed by atoms with Crippen LogP contribution in [0.25, 0.3) is 10.9 Å². The number of ether oxygens (including phenoxy) is 1. The summed E-state index contributed by atoms with van der Waals surface area (Å²) >= 11 is 12.9. The van der Waals surface area contributed by atoms with Gasteiger partial charge >= 0.3 is 6.36 Å². The standard InChI is InChI=1S/C22H20Cl2F3N3O2/c1-29-14(9-13-5-6-15(11-18(13)29)32-22(25,26)27)10-16-17(23)12-28-20(19(16)24)21(31)30-7-3-2-4-8-30/h5-6,9,11-12H,2-4,7-8,10H2,1H3. The zero-order chi connectivity index (χ0) is 23.0. The van der Waals surface area contributed by atoms with Gasteiger partial charge in [0.15, 0.2) is 0 Å². The molecule has 0 atom stereocenters. The maximum absolute atomic E-state index is 12.9. The van der Waals surface area contributed by atoms with Crippen molar-refractivity contribution in [1.82, 2.24) is 14.5 Å². The fourth-order valence-corrected chi connectivity index (χ4v) is 4.53. The van der Waals surface area contributed by atoms with Crippen molar-refractivity contribution in [3.8, 4) is 5.75 Å². The summed E-state index contributed by atoms with van der Waals surface area (Å²) in [6.45, 7) is 1.33. The van der Waals surface area contributed by atoms with Gasteiger partial charge in [0.2, 0.25) is 0 Å². The highest BCUT2D eigenvalue weighted by Crippen LogP contribution is 2.33. The van der Waals surface area contributed by atoms with E-state index in [2.05, 4.69) is 9.72 Å². The Hall–Kier alpha value is -2.45. The number of fused-ring (bicyclic) bond motifs is 1. The Balaban J connectivity index is 1.66. The van der Waals surface area contributed by atoms with Gasteiger partial charge in [-0.2, -0.15) is 0 Å². The topological polar surface area (TPSA) is 47.4 Å². The number of nitrogens with zero attached hydrogens (tertiary/aromatic N) is 3. The Labute approximate surface area is 192 Å². The summed E-state index contributed by atoms with van der Waals surface area (Å²) < 4.78 is 43.5. The molecule has 2 aromatic heterocycles. The molecule has 0 radical (unpaired) electrons. The van der Waals surface area contributed by atoms with E-state index >= 15 is 0 Å². The first-order valence-electron chi connectivity index (χ1n) is 10.1. The highest BCUT2D eigenvalue weighted by Gasteiger charge is 2.31. The summed E-state index contributed by atoms with van der Waals surface area (Å²) in [5, 5.41) is 1.25. The number of piperidine rings is 1. The summed E-state index contributed by atoms with van der Waals surface area (Å²) in [6, 6.07) is 5.99. The van der Waals surface area contributed by atoms with Crippen LogP contribution in [0.5, 0.6) is 5.75 Å². The predicted molar refractivity (Wildman–Crippen MR) is 116 cm³/mol. The average molecular weight is 486 g/mol. The minimum atomic E-state index is -4.77. The zero-order valence-electron chi connectivity index (χ0n) is 17.2. The number of carbonyl (C=O) groups excluding carboxylic acids is 1. The molecule has 0 aliphatic carbocycles. The molecule has 0 spiro atoms. The van der Waals surface area contributed by atoms with Crippen LogP contribution in [0.1, 0.15) is 41.0 Å². The second kappa shape index (κ2) is 8.83. The second-order valence-corrected chi connectivity index (χ2v) is 8.53. The van der Waals surface area contributed by atoms with Crippen LogP contribution in [0.15, 0.2) is 30.5 Å². The molecule has 3 aromatic rings. The fourth-order valence-electron chi connectivity index (χ4n) is 3.98.